The minimum atomic E-state index is -0.727. The molecule has 0 saturated heterocycles. The normalized spacial score (nSPS) is 16.0. The van der Waals surface area contributed by atoms with Gasteiger partial charge in [0.15, 0.2) is 0 Å². The second-order valence-corrected chi connectivity index (χ2v) is 14.7. The quantitative estimate of drug-likeness (QED) is 0.122. The molecule has 0 fully saturated rings. The van der Waals surface area contributed by atoms with E-state index in [1.807, 2.05) is 30.4 Å². The molecule has 4 N–H and O–H groups in total. The second-order valence-electron chi connectivity index (χ2n) is 14.7. The van der Waals surface area contributed by atoms with Gasteiger partial charge < -0.3 is 11.5 Å². The number of nitrogens with two attached hydrogens (primary N) is 2. The van der Waals surface area contributed by atoms with E-state index < -0.39 is 11.0 Å². The van der Waals surface area contributed by atoms with Gasteiger partial charge in [-0.15, -0.1) is 0 Å². The zero-order valence-corrected chi connectivity index (χ0v) is 30.9. The Labute approximate surface area is 323 Å². The summed E-state index contributed by atoms with van der Waals surface area (Å²) in [5, 5.41) is 4.54. The van der Waals surface area contributed by atoms with E-state index in [0.29, 0.717) is 0 Å². The van der Waals surface area contributed by atoms with E-state index >= 15 is 0 Å². The molecular weight excluding hydrogens is 665 g/mol. The zero-order chi connectivity index (χ0) is 37.6. The lowest BCUT2D eigenvalue weighted by atomic mass is 9.65. The summed E-state index contributed by atoms with van der Waals surface area (Å²) in [5.74, 6) is 0. The average Bonchev–Trinajstić information content (AvgIpc) is 3.53. The SMILES string of the molecule is C=C/C=C\C=C/c1c(C2(c3ccc4ccccc4c3N)c3ccccc3-c3cc(-c4cccc(C(C)(N)c5ccccc5)c4)ccc32)ccc2ccccc12. The van der Waals surface area contributed by atoms with E-state index in [4.69, 9.17) is 11.5 Å². The topological polar surface area (TPSA) is 52.0 Å². The monoisotopic (exact) mass is 706 g/mol. The van der Waals surface area contributed by atoms with Gasteiger partial charge in [0.2, 0.25) is 0 Å². The summed E-state index contributed by atoms with van der Waals surface area (Å²) in [7, 11) is 0. The summed E-state index contributed by atoms with van der Waals surface area (Å²) in [5.41, 5.74) is 26.5. The molecule has 1 aliphatic rings. The molecule has 2 atom stereocenters. The predicted molar refractivity (Wildman–Crippen MR) is 234 cm³/mol. The molecule has 1 aliphatic carbocycles. The summed E-state index contributed by atoms with van der Waals surface area (Å²) in [6.45, 7) is 5.98. The lowest BCUT2D eigenvalue weighted by Gasteiger charge is -2.36. The van der Waals surface area contributed by atoms with Crippen LogP contribution in [0.1, 0.15) is 45.9 Å². The van der Waals surface area contributed by atoms with Crippen molar-refractivity contribution in [2.24, 2.45) is 5.73 Å². The van der Waals surface area contributed by atoms with Crippen LogP contribution in [0.4, 0.5) is 5.69 Å². The molecule has 0 heterocycles. The van der Waals surface area contributed by atoms with Crippen molar-refractivity contribution in [1.29, 1.82) is 0 Å². The first kappa shape index (κ1) is 34.1. The van der Waals surface area contributed by atoms with Gasteiger partial charge in [-0.25, -0.2) is 0 Å². The minimum absolute atomic E-state index is 0.649. The first-order valence-corrected chi connectivity index (χ1v) is 18.9. The first-order valence-electron chi connectivity index (χ1n) is 18.9. The minimum Gasteiger partial charge on any atom is -0.398 e. The largest absolute Gasteiger partial charge is 0.398 e. The van der Waals surface area contributed by atoms with Crippen molar-refractivity contribution in [2.75, 3.05) is 5.73 Å². The third-order valence-corrected chi connectivity index (χ3v) is 11.6. The molecule has 0 aliphatic heterocycles. The van der Waals surface area contributed by atoms with Crippen LogP contribution in [0.25, 0.3) is 49.9 Å². The van der Waals surface area contributed by atoms with Crippen LogP contribution in [0.5, 0.6) is 0 Å². The van der Waals surface area contributed by atoms with Crippen molar-refractivity contribution in [3.63, 3.8) is 0 Å². The van der Waals surface area contributed by atoms with Crippen LogP contribution in [-0.2, 0) is 11.0 Å². The predicted octanol–water partition coefficient (Wildman–Crippen LogP) is 12.6. The molecule has 9 rings (SSSR count). The standard InChI is InChI=1S/C53H42N2/c1-3-4-5-9-25-44-42-23-12-10-17-36(42)28-31-48(44)53(50-33-29-37-18-11-13-24-43(37)51(50)54)47-27-15-14-26-45(47)46-35-39(30-32-49(46)53)38-19-16-22-41(34-38)52(2,55)40-20-7-6-8-21-40/h3-35H,1,54-55H2,2H3/b5-4-,25-9-. The number of anilines is 1. The molecule has 55 heavy (non-hydrogen) atoms. The van der Waals surface area contributed by atoms with Crippen LogP contribution >= 0.6 is 0 Å². The Morgan fingerprint density at radius 3 is 1.93 bits per heavy atom. The van der Waals surface area contributed by atoms with Crippen molar-refractivity contribution in [3.05, 3.63) is 240 Å². The third-order valence-electron chi connectivity index (χ3n) is 11.6. The molecule has 8 aromatic carbocycles. The summed E-state index contributed by atoms with van der Waals surface area (Å²) in [6.07, 6.45) is 10.2. The van der Waals surface area contributed by atoms with E-state index in [1.165, 1.54) is 38.6 Å². The lowest BCUT2D eigenvalue weighted by molar-refractivity contribution is 0.603. The highest BCUT2D eigenvalue weighted by molar-refractivity contribution is 6.01. The fraction of sp³-hybridized carbons (Fsp3) is 0.0566. The Morgan fingerprint density at radius 1 is 0.509 bits per heavy atom. The van der Waals surface area contributed by atoms with Crippen molar-refractivity contribution < 1.29 is 0 Å². The third kappa shape index (κ3) is 5.45. The maximum Gasteiger partial charge on any atom is 0.0739 e. The Balaban J connectivity index is 1.34. The van der Waals surface area contributed by atoms with Crippen LogP contribution in [0.2, 0.25) is 0 Å². The van der Waals surface area contributed by atoms with Gasteiger partial charge in [0.05, 0.1) is 11.0 Å². The number of benzene rings is 8. The average molecular weight is 707 g/mol. The molecule has 2 unspecified atom stereocenters. The van der Waals surface area contributed by atoms with Gasteiger partial charge in [-0.2, -0.15) is 0 Å². The van der Waals surface area contributed by atoms with Crippen LogP contribution in [-0.4, -0.2) is 0 Å². The van der Waals surface area contributed by atoms with Gasteiger partial charge in [0.25, 0.3) is 0 Å². The highest BCUT2D eigenvalue weighted by Gasteiger charge is 2.48. The number of fused-ring (bicyclic) bond motifs is 5. The Bertz CT molecular complexity index is 2820. The number of allylic oxidation sites excluding steroid dienone is 4. The van der Waals surface area contributed by atoms with Gasteiger partial charge in [0, 0.05) is 11.1 Å². The maximum absolute atomic E-state index is 7.41. The molecule has 0 radical (unpaired) electrons. The second kappa shape index (κ2) is 13.6. The Morgan fingerprint density at radius 2 is 1.13 bits per heavy atom. The van der Waals surface area contributed by atoms with E-state index in [0.717, 1.165) is 49.8 Å². The smallest absolute Gasteiger partial charge is 0.0739 e. The van der Waals surface area contributed by atoms with Crippen molar-refractivity contribution in [3.8, 4) is 22.3 Å². The molecule has 2 nitrogen and oxygen atoms in total. The summed E-state index contributed by atoms with van der Waals surface area (Å²) in [6, 6.07) is 61.0. The van der Waals surface area contributed by atoms with Crippen LogP contribution in [0, 0.1) is 0 Å². The first-order chi connectivity index (χ1) is 26.9. The van der Waals surface area contributed by atoms with Gasteiger partial charge >= 0.3 is 0 Å². The molecule has 0 spiro atoms. The maximum atomic E-state index is 7.41. The number of hydrogen-bond donors (Lipinski definition) is 2. The molecule has 0 amide bonds. The summed E-state index contributed by atoms with van der Waals surface area (Å²) in [4.78, 5) is 0. The summed E-state index contributed by atoms with van der Waals surface area (Å²) < 4.78 is 0. The zero-order valence-electron chi connectivity index (χ0n) is 30.9. The van der Waals surface area contributed by atoms with E-state index in [9.17, 15) is 0 Å². The van der Waals surface area contributed by atoms with Crippen LogP contribution in [0.15, 0.2) is 201 Å². The van der Waals surface area contributed by atoms with Crippen LogP contribution < -0.4 is 11.5 Å². The number of nitrogen functional groups attached to an aromatic ring is 1. The van der Waals surface area contributed by atoms with Crippen molar-refractivity contribution in [1.82, 2.24) is 0 Å². The molecule has 264 valence electrons. The summed E-state index contributed by atoms with van der Waals surface area (Å²) >= 11 is 0. The van der Waals surface area contributed by atoms with Crippen LogP contribution in [0.3, 0.4) is 0 Å². The molecular formula is C53H42N2. The number of rotatable bonds is 8. The highest BCUT2D eigenvalue weighted by atomic mass is 14.7. The van der Waals surface area contributed by atoms with E-state index in [-0.39, 0.29) is 0 Å². The van der Waals surface area contributed by atoms with Crippen molar-refractivity contribution >= 4 is 33.3 Å². The fourth-order valence-corrected chi connectivity index (χ4v) is 8.88. The Hall–Kier alpha value is -6.74. The molecule has 0 bridgehead atoms. The van der Waals surface area contributed by atoms with Gasteiger partial charge in [-0.05, 0) is 96.4 Å². The van der Waals surface area contributed by atoms with E-state index in [1.54, 1.807) is 6.08 Å². The van der Waals surface area contributed by atoms with Crippen molar-refractivity contribution in [2.45, 2.75) is 17.9 Å². The Kier molecular flexibility index (Phi) is 8.42. The lowest BCUT2D eigenvalue weighted by Crippen LogP contribution is -2.34. The van der Waals surface area contributed by atoms with Gasteiger partial charge in [0.1, 0.15) is 0 Å². The fourth-order valence-electron chi connectivity index (χ4n) is 8.88. The molecule has 0 saturated carbocycles. The molecule has 2 heteroatoms. The highest BCUT2D eigenvalue weighted by Crippen LogP contribution is 2.59. The van der Waals surface area contributed by atoms with E-state index in [2.05, 4.69) is 177 Å². The number of hydrogen-bond acceptors (Lipinski definition) is 2. The van der Waals surface area contributed by atoms with Gasteiger partial charge in [-0.3, -0.25) is 0 Å². The molecule has 0 aromatic heterocycles. The van der Waals surface area contributed by atoms with Gasteiger partial charge in [-0.1, -0.05) is 195 Å². The molecule has 8 aromatic rings.